The Hall–Kier alpha value is -4.51. The van der Waals surface area contributed by atoms with Crippen molar-refractivity contribution in [2.24, 2.45) is 11.8 Å². The first kappa shape index (κ1) is 54.4. The molecule has 68 heavy (non-hydrogen) atoms. The summed E-state index contributed by atoms with van der Waals surface area (Å²) in [5.41, 5.74) is -2.23. The summed E-state index contributed by atoms with van der Waals surface area (Å²) in [5, 5.41) is 3.04. The van der Waals surface area contributed by atoms with Crippen molar-refractivity contribution in [3.8, 4) is 0 Å². The van der Waals surface area contributed by atoms with Crippen LogP contribution in [0.15, 0.2) is 30.4 Å². The first-order chi connectivity index (χ1) is 32.1. The van der Waals surface area contributed by atoms with Gasteiger partial charge in [-0.2, -0.15) is 0 Å². The number of allylic oxidation sites excluding steroid dienone is 1. The largest absolute Gasteiger partial charge is 0.458 e. The Kier molecular flexibility index (Phi) is 19.1. The predicted octanol–water partition coefficient (Wildman–Crippen LogP) is 4.26. The van der Waals surface area contributed by atoms with Crippen LogP contribution in [0.1, 0.15) is 101 Å². The van der Waals surface area contributed by atoms with Gasteiger partial charge >= 0.3 is 30.0 Å². The number of ketones is 1. The molecule has 21 nitrogen and oxygen atoms in total. The number of nitrogens with zero attached hydrogens (tertiary/aromatic N) is 3. The van der Waals surface area contributed by atoms with E-state index < -0.39 is 114 Å². The van der Waals surface area contributed by atoms with Crippen molar-refractivity contribution in [2.45, 2.75) is 180 Å². The Bertz CT molecular complexity index is 1930. The van der Waals surface area contributed by atoms with Crippen LogP contribution in [0.4, 0.5) is 9.59 Å². The number of esters is 3. The van der Waals surface area contributed by atoms with E-state index in [1.165, 1.54) is 52.9 Å². The third kappa shape index (κ3) is 13.4. The molecule has 4 aliphatic rings. The number of morpholine rings is 1. The Morgan fingerprint density at radius 1 is 0.897 bits per heavy atom. The number of cyclic esters (lactones) is 1. The van der Waals surface area contributed by atoms with Gasteiger partial charge in [0.1, 0.15) is 18.0 Å². The van der Waals surface area contributed by atoms with Gasteiger partial charge in [-0.05, 0) is 72.5 Å². The summed E-state index contributed by atoms with van der Waals surface area (Å²) < 4.78 is 69.3. The Balaban J connectivity index is 1.60. The number of hydrogen-bond acceptors (Lipinski definition) is 18. The minimum absolute atomic E-state index is 0.0469. The topological polar surface area (TPSA) is 237 Å². The summed E-state index contributed by atoms with van der Waals surface area (Å²) in [6, 6.07) is -1.14. The summed E-state index contributed by atoms with van der Waals surface area (Å²) in [4.78, 5) is 86.3. The standard InChI is InChI=1S/C47H72N4O17/c1-13-35-36(66-45(57)51-17-16-48-25-51)22-26(2)34(54)14-15-46(9,58-11)40(68-43-39(63-31(7)52)33(23-27(3)61-43)49-44(56)50-18-20-60-21-19-50)28(4)38(29(5)42(55)65-35)67-37-24-47(10,59-12)41(30(6)62-37)64-32(8)53/h16-17,22,25,27-30,33,35-41,43H,13-15,18-21,23-24H2,1-12H3,(H,49,56)/b26-22+/t27-,28+,29-,30+,33+,35-,36?,37+,38+,39-,40-,41+,43+,46-,47-/m1/s1. The molecule has 15 atom stereocenters. The Morgan fingerprint density at radius 3 is 2.18 bits per heavy atom. The average Bonchev–Trinajstić information content (AvgIpc) is 3.85. The average molecular weight is 965 g/mol. The highest BCUT2D eigenvalue weighted by molar-refractivity contribution is 5.95. The highest BCUT2D eigenvalue weighted by Crippen LogP contribution is 2.41. The molecule has 0 aliphatic carbocycles. The lowest BCUT2D eigenvalue weighted by Crippen LogP contribution is -2.63. The number of imidazole rings is 1. The van der Waals surface area contributed by atoms with Gasteiger partial charge in [0, 0.05) is 72.3 Å². The first-order valence-corrected chi connectivity index (χ1v) is 23.4. The fraction of sp³-hybridized carbons (Fsp3) is 0.766. The smallest absolute Gasteiger partial charge is 0.419 e. The normalized spacial score (nSPS) is 37.4. The lowest BCUT2D eigenvalue weighted by Gasteiger charge is -2.49. The maximum Gasteiger partial charge on any atom is 0.419 e. The van der Waals surface area contributed by atoms with Crippen LogP contribution in [0, 0.1) is 11.8 Å². The SMILES string of the molecule is CC[C@H]1OC(=O)[C@H](C)[C@@H](O[C@H]2C[C@@](C)(OC)[C@@H](OC(C)=O)[C@H](C)O2)[C@H](C)[C@@H](O[C@@H]2O[C@H](C)C[C@H](NC(=O)N3CCOCC3)[C@H]2OC(C)=O)[C@](C)(OC)CCC(=O)/C(C)=C/C1OC(=O)n1ccnc1. The van der Waals surface area contributed by atoms with Crippen molar-refractivity contribution >= 4 is 35.8 Å². The zero-order valence-electron chi connectivity index (χ0n) is 41.5. The van der Waals surface area contributed by atoms with Crippen LogP contribution >= 0.6 is 0 Å². The number of hydrogen-bond donors (Lipinski definition) is 1. The molecule has 0 spiro atoms. The third-order valence-electron chi connectivity index (χ3n) is 13.5. The zero-order valence-corrected chi connectivity index (χ0v) is 41.5. The van der Waals surface area contributed by atoms with Gasteiger partial charge in [-0.3, -0.25) is 19.2 Å². The van der Waals surface area contributed by atoms with E-state index in [1.54, 1.807) is 60.3 Å². The van der Waals surface area contributed by atoms with Crippen LogP contribution in [0.25, 0.3) is 0 Å². The molecule has 382 valence electrons. The van der Waals surface area contributed by atoms with Gasteiger partial charge in [0.05, 0.1) is 55.2 Å². The molecule has 1 N–H and O–H groups in total. The molecule has 1 aromatic rings. The summed E-state index contributed by atoms with van der Waals surface area (Å²) in [5.74, 6) is -4.22. The Labute approximate surface area is 398 Å². The van der Waals surface area contributed by atoms with Crippen LogP contribution in [0.2, 0.25) is 0 Å². The van der Waals surface area contributed by atoms with Crippen LogP contribution in [0.3, 0.4) is 0 Å². The van der Waals surface area contributed by atoms with Crippen molar-refractivity contribution in [3.05, 3.63) is 30.4 Å². The van der Waals surface area contributed by atoms with Crippen molar-refractivity contribution < 1.29 is 80.9 Å². The fourth-order valence-electron chi connectivity index (χ4n) is 9.43. The van der Waals surface area contributed by atoms with Crippen LogP contribution in [-0.4, -0.2) is 169 Å². The molecule has 5 rings (SSSR count). The molecule has 3 saturated heterocycles. The van der Waals surface area contributed by atoms with E-state index in [2.05, 4.69) is 10.3 Å². The van der Waals surface area contributed by atoms with E-state index in [9.17, 15) is 28.8 Å². The van der Waals surface area contributed by atoms with Crippen LogP contribution < -0.4 is 5.32 Å². The summed E-state index contributed by atoms with van der Waals surface area (Å²) in [6.45, 7) is 17.8. The molecule has 0 saturated carbocycles. The predicted molar refractivity (Wildman–Crippen MR) is 239 cm³/mol. The maximum absolute atomic E-state index is 14.7. The van der Waals surface area contributed by atoms with Gasteiger partial charge in [-0.25, -0.2) is 19.1 Å². The number of nitrogens with one attached hydrogen (secondary N) is 1. The lowest BCUT2D eigenvalue weighted by molar-refractivity contribution is -0.318. The van der Waals surface area contributed by atoms with Gasteiger partial charge in [0.25, 0.3) is 0 Å². The van der Waals surface area contributed by atoms with Crippen molar-refractivity contribution in [2.75, 3.05) is 40.5 Å². The number of amides is 2. The molecular weight excluding hydrogens is 893 g/mol. The molecule has 4 aliphatic heterocycles. The van der Waals surface area contributed by atoms with Gasteiger partial charge in [0.2, 0.25) is 0 Å². The Morgan fingerprint density at radius 2 is 1.57 bits per heavy atom. The molecule has 3 fully saturated rings. The molecule has 1 unspecified atom stereocenters. The van der Waals surface area contributed by atoms with Gasteiger partial charge < -0.3 is 62.3 Å². The molecule has 0 radical (unpaired) electrons. The van der Waals surface area contributed by atoms with Crippen molar-refractivity contribution in [1.29, 1.82) is 0 Å². The number of ether oxygens (including phenoxy) is 11. The summed E-state index contributed by atoms with van der Waals surface area (Å²) >= 11 is 0. The van der Waals surface area contributed by atoms with E-state index in [0.717, 1.165) is 4.57 Å². The number of carbonyl (C=O) groups excluding carboxylic acids is 6. The van der Waals surface area contributed by atoms with E-state index in [1.807, 2.05) is 0 Å². The van der Waals surface area contributed by atoms with Crippen LogP contribution in [-0.2, 0) is 71.3 Å². The molecule has 0 bridgehead atoms. The highest BCUT2D eigenvalue weighted by Gasteiger charge is 2.53. The van der Waals surface area contributed by atoms with E-state index >= 15 is 0 Å². The minimum atomic E-state index is -1.37. The number of rotatable bonds is 11. The maximum atomic E-state index is 14.7. The van der Waals surface area contributed by atoms with Crippen LogP contribution in [0.5, 0.6) is 0 Å². The molecule has 1 aromatic heterocycles. The minimum Gasteiger partial charge on any atom is -0.458 e. The number of Topliss-reactive ketones (excluding diaryl/α,β-unsaturated/α-hetero) is 1. The van der Waals surface area contributed by atoms with E-state index in [0.29, 0.717) is 26.3 Å². The van der Waals surface area contributed by atoms with E-state index in [-0.39, 0.29) is 49.5 Å². The molecule has 5 heterocycles. The number of carbonyl (C=O) groups is 6. The van der Waals surface area contributed by atoms with E-state index in [4.69, 9.17) is 52.1 Å². The van der Waals surface area contributed by atoms with Gasteiger partial charge in [0.15, 0.2) is 36.7 Å². The molecular formula is C47H72N4O17. The quantitative estimate of drug-likeness (QED) is 0.241. The van der Waals surface area contributed by atoms with Crippen molar-refractivity contribution in [3.63, 3.8) is 0 Å². The second-order valence-corrected chi connectivity index (χ2v) is 18.6. The lowest BCUT2D eigenvalue weighted by atomic mass is 9.78. The van der Waals surface area contributed by atoms with Gasteiger partial charge in [-0.15, -0.1) is 0 Å². The highest BCUT2D eigenvalue weighted by atomic mass is 16.7. The van der Waals surface area contributed by atoms with Gasteiger partial charge in [-0.1, -0.05) is 13.8 Å². The fourth-order valence-corrected chi connectivity index (χ4v) is 9.43. The molecule has 2 amide bonds. The zero-order chi connectivity index (χ0) is 50.1. The summed E-state index contributed by atoms with van der Waals surface area (Å²) in [7, 11) is 2.96. The molecule has 21 heteroatoms. The summed E-state index contributed by atoms with van der Waals surface area (Å²) in [6.07, 6.45) is -4.93. The second-order valence-electron chi connectivity index (χ2n) is 18.6. The van der Waals surface area contributed by atoms with Crippen molar-refractivity contribution in [1.82, 2.24) is 19.8 Å². The number of urea groups is 1. The number of methoxy groups -OCH3 is 2. The first-order valence-electron chi connectivity index (χ1n) is 23.4. The monoisotopic (exact) mass is 964 g/mol. The third-order valence-corrected chi connectivity index (χ3v) is 13.5. The number of aromatic nitrogens is 2. The second kappa shape index (κ2) is 23.9. The molecule has 0 aromatic carbocycles.